The summed E-state index contributed by atoms with van der Waals surface area (Å²) in [6.07, 6.45) is 5.04. The molecule has 0 aliphatic heterocycles. The minimum atomic E-state index is 0.484. The van der Waals surface area contributed by atoms with Gasteiger partial charge in [-0.3, -0.25) is 0 Å². The molecule has 0 spiro atoms. The highest BCUT2D eigenvalue weighted by Gasteiger charge is 2.34. The van der Waals surface area contributed by atoms with Crippen molar-refractivity contribution < 1.29 is 9.47 Å². The first kappa shape index (κ1) is 18.9. The lowest BCUT2D eigenvalue weighted by atomic mass is 9.69. The number of nitrogens with zero attached hydrogens (tertiary/aromatic N) is 1. The zero-order valence-electron chi connectivity index (χ0n) is 14.8. The molecule has 2 atom stereocenters. The highest BCUT2D eigenvalue weighted by Crippen LogP contribution is 2.39. The first-order chi connectivity index (χ1) is 10.0. The third-order valence-corrected chi connectivity index (χ3v) is 4.81. The van der Waals surface area contributed by atoms with Crippen molar-refractivity contribution in [3.05, 3.63) is 0 Å². The summed E-state index contributed by atoms with van der Waals surface area (Å²) in [6.45, 7) is 9.77. The highest BCUT2D eigenvalue weighted by molar-refractivity contribution is 4.89. The van der Waals surface area contributed by atoms with Crippen LogP contribution < -0.4 is 5.32 Å². The number of methoxy groups -OCH3 is 2. The van der Waals surface area contributed by atoms with Gasteiger partial charge in [0.05, 0.1) is 6.61 Å². The normalized spacial score (nSPS) is 25.4. The third-order valence-electron chi connectivity index (χ3n) is 4.81. The summed E-state index contributed by atoms with van der Waals surface area (Å²) in [6, 6.07) is 0.658. The Morgan fingerprint density at radius 2 is 1.86 bits per heavy atom. The molecule has 126 valence electrons. The van der Waals surface area contributed by atoms with Crippen LogP contribution in [0.5, 0.6) is 0 Å². The molecule has 0 aromatic rings. The van der Waals surface area contributed by atoms with Crippen LogP contribution in [0, 0.1) is 11.3 Å². The van der Waals surface area contributed by atoms with E-state index in [1.807, 2.05) is 0 Å². The van der Waals surface area contributed by atoms with E-state index in [1.54, 1.807) is 14.2 Å². The van der Waals surface area contributed by atoms with E-state index < -0.39 is 0 Å². The molecule has 1 rings (SSSR count). The van der Waals surface area contributed by atoms with Crippen molar-refractivity contribution in [2.45, 2.75) is 45.6 Å². The Hall–Kier alpha value is -0.160. The van der Waals surface area contributed by atoms with E-state index in [0.29, 0.717) is 11.5 Å². The van der Waals surface area contributed by atoms with Crippen molar-refractivity contribution in [2.24, 2.45) is 11.3 Å². The van der Waals surface area contributed by atoms with E-state index in [9.17, 15) is 0 Å². The van der Waals surface area contributed by atoms with Crippen LogP contribution in [0.15, 0.2) is 0 Å². The number of rotatable bonds is 10. The van der Waals surface area contributed by atoms with Gasteiger partial charge >= 0.3 is 0 Å². The van der Waals surface area contributed by atoms with Crippen LogP contribution in [0.2, 0.25) is 0 Å². The van der Waals surface area contributed by atoms with Gasteiger partial charge in [-0.05, 0) is 44.1 Å². The topological polar surface area (TPSA) is 33.7 Å². The fourth-order valence-corrected chi connectivity index (χ4v) is 3.59. The summed E-state index contributed by atoms with van der Waals surface area (Å²) in [5.74, 6) is 0.734. The molecule has 4 heteroatoms. The van der Waals surface area contributed by atoms with Crippen LogP contribution in [0.3, 0.4) is 0 Å². The lowest BCUT2D eigenvalue weighted by Gasteiger charge is -2.42. The van der Waals surface area contributed by atoms with E-state index in [-0.39, 0.29) is 0 Å². The molecule has 4 nitrogen and oxygen atoms in total. The maximum absolute atomic E-state index is 5.27. The summed E-state index contributed by atoms with van der Waals surface area (Å²) >= 11 is 0. The molecular weight excluding hydrogens is 264 g/mol. The fourth-order valence-electron chi connectivity index (χ4n) is 3.59. The van der Waals surface area contributed by atoms with Crippen LogP contribution in [0.4, 0.5) is 0 Å². The second-order valence-electron chi connectivity index (χ2n) is 7.20. The monoisotopic (exact) mass is 300 g/mol. The van der Waals surface area contributed by atoms with Crippen molar-refractivity contribution in [1.29, 1.82) is 0 Å². The maximum Gasteiger partial charge on any atom is 0.0589 e. The SMILES string of the molecule is CNC1CCC(C)(C)CC1CN(CCCOC)CCOC. The predicted molar refractivity (Wildman–Crippen MR) is 88.8 cm³/mol. The average Bonchev–Trinajstić information content (AvgIpc) is 2.44. The van der Waals surface area contributed by atoms with Gasteiger partial charge in [-0.2, -0.15) is 0 Å². The molecule has 1 N–H and O–H groups in total. The number of nitrogens with one attached hydrogen (secondary N) is 1. The van der Waals surface area contributed by atoms with Crippen LogP contribution >= 0.6 is 0 Å². The van der Waals surface area contributed by atoms with Crippen LogP contribution in [-0.4, -0.2) is 65.1 Å². The van der Waals surface area contributed by atoms with Crippen LogP contribution in [0.1, 0.15) is 39.5 Å². The van der Waals surface area contributed by atoms with Gasteiger partial charge in [0.1, 0.15) is 0 Å². The Bertz CT molecular complexity index is 272. The molecule has 0 aromatic carbocycles. The Morgan fingerprint density at radius 3 is 2.48 bits per heavy atom. The second-order valence-corrected chi connectivity index (χ2v) is 7.20. The van der Waals surface area contributed by atoms with E-state index >= 15 is 0 Å². The molecule has 1 saturated carbocycles. The summed E-state index contributed by atoms with van der Waals surface area (Å²) in [5.41, 5.74) is 0.484. The Morgan fingerprint density at radius 1 is 1.14 bits per heavy atom. The molecule has 0 amide bonds. The first-order valence-corrected chi connectivity index (χ1v) is 8.40. The number of hydrogen-bond donors (Lipinski definition) is 1. The maximum atomic E-state index is 5.27. The standard InChI is InChI=1S/C17H36N2O2/c1-17(2)8-7-16(18-3)15(13-17)14-19(10-12-21-5)9-6-11-20-4/h15-16,18H,6-14H2,1-5H3. The smallest absolute Gasteiger partial charge is 0.0589 e. The Kier molecular flexibility index (Phi) is 8.79. The molecule has 0 saturated heterocycles. The van der Waals surface area contributed by atoms with Gasteiger partial charge in [-0.15, -0.1) is 0 Å². The molecule has 1 aliphatic rings. The number of ether oxygens (including phenoxy) is 2. The molecule has 0 aromatic heterocycles. The predicted octanol–water partition coefficient (Wildman–Crippen LogP) is 2.39. The summed E-state index contributed by atoms with van der Waals surface area (Å²) in [5, 5.41) is 3.54. The minimum absolute atomic E-state index is 0.484. The van der Waals surface area contributed by atoms with E-state index in [0.717, 1.165) is 38.6 Å². The van der Waals surface area contributed by atoms with Crippen molar-refractivity contribution in [1.82, 2.24) is 10.2 Å². The lowest BCUT2D eigenvalue weighted by molar-refractivity contribution is 0.0799. The van der Waals surface area contributed by atoms with Crippen LogP contribution in [-0.2, 0) is 9.47 Å². The van der Waals surface area contributed by atoms with Crippen molar-refractivity contribution >= 4 is 0 Å². The minimum Gasteiger partial charge on any atom is -0.385 e. The molecule has 1 fully saturated rings. The van der Waals surface area contributed by atoms with Gasteiger partial charge in [0.25, 0.3) is 0 Å². The Balaban J connectivity index is 2.55. The second kappa shape index (κ2) is 9.78. The van der Waals surface area contributed by atoms with Gasteiger partial charge in [-0.25, -0.2) is 0 Å². The van der Waals surface area contributed by atoms with Crippen LogP contribution in [0.25, 0.3) is 0 Å². The number of hydrogen-bond acceptors (Lipinski definition) is 4. The summed E-state index contributed by atoms with van der Waals surface area (Å²) < 4.78 is 10.5. The van der Waals surface area contributed by atoms with E-state index in [2.05, 4.69) is 31.1 Å². The lowest BCUT2D eigenvalue weighted by Crippen LogP contribution is -2.47. The summed E-state index contributed by atoms with van der Waals surface area (Å²) in [7, 11) is 5.67. The van der Waals surface area contributed by atoms with Crippen molar-refractivity contribution in [3.63, 3.8) is 0 Å². The van der Waals surface area contributed by atoms with E-state index in [4.69, 9.17) is 9.47 Å². The van der Waals surface area contributed by atoms with Crippen molar-refractivity contribution in [3.8, 4) is 0 Å². The first-order valence-electron chi connectivity index (χ1n) is 8.40. The molecular formula is C17H36N2O2. The zero-order chi connectivity index (χ0) is 15.7. The quantitative estimate of drug-likeness (QED) is 0.628. The molecule has 0 heterocycles. The third kappa shape index (κ3) is 7.09. The molecule has 0 bridgehead atoms. The van der Waals surface area contributed by atoms with Gasteiger partial charge in [0, 0.05) is 46.5 Å². The molecule has 21 heavy (non-hydrogen) atoms. The molecule has 2 unspecified atom stereocenters. The average molecular weight is 300 g/mol. The Labute approximate surface area is 131 Å². The summed E-state index contributed by atoms with van der Waals surface area (Å²) in [4.78, 5) is 2.55. The van der Waals surface area contributed by atoms with E-state index in [1.165, 1.54) is 25.8 Å². The largest absolute Gasteiger partial charge is 0.385 e. The zero-order valence-corrected chi connectivity index (χ0v) is 14.8. The van der Waals surface area contributed by atoms with Gasteiger partial charge < -0.3 is 19.7 Å². The van der Waals surface area contributed by atoms with Gasteiger partial charge in [0.2, 0.25) is 0 Å². The van der Waals surface area contributed by atoms with Gasteiger partial charge in [0.15, 0.2) is 0 Å². The van der Waals surface area contributed by atoms with Crippen molar-refractivity contribution in [2.75, 3.05) is 54.1 Å². The fraction of sp³-hybridized carbons (Fsp3) is 1.00. The molecule has 0 radical (unpaired) electrons. The van der Waals surface area contributed by atoms with Gasteiger partial charge in [-0.1, -0.05) is 13.8 Å². The highest BCUT2D eigenvalue weighted by atomic mass is 16.5. The molecule has 1 aliphatic carbocycles.